The van der Waals surface area contributed by atoms with E-state index in [0.29, 0.717) is 5.69 Å². The molecule has 2 rings (SSSR count). The molecule has 0 amide bonds. The summed E-state index contributed by atoms with van der Waals surface area (Å²) >= 11 is 0. The standard InChI is InChI=1S/C10H9N5O/c1-8-7-15(10(16)14-13-8)12-6-9-3-2-4-11-5-9/h2-7H,1H3. The van der Waals surface area contributed by atoms with Crippen molar-refractivity contribution in [2.45, 2.75) is 6.92 Å². The van der Waals surface area contributed by atoms with Crippen molar-refractivity contribution in [1.82, 2.24) is 19.9 Å². The molecule has 6 heteroatoms. The highest BCUT2D eigenvalue weighted by Gasteiger charge is 1.95. The van der Waals surface area contributed by atoms with Crippen molar-refractivity contribution < 1.29 is 0 Å². The summed E-state index contributed by atoms with van der Waals surface area (Å²) in [4.78, 5) is 15.2. The van der Waals surface area contributed by atoms with E-state index in [1.807, 2.05) is 6.07 Å². The predicted octanol–water partition coefficient (Wildman–Crippen LogP) is 0.224. The lowest BCUT2D eigenvalue weighted by atomic mass is 10.3. The fraction of sp³-hybridized carbons (Fsp3) is 0.100. The van der Waals surface area contributed by atoms with Gasteiger partial charge in [-0.05, 0) is 13.0 Å². The quantitative estimate of drug-likeness (QED) is 0.672. The van der Waals surface area contributed by atoms with Crippen LogP contribution in [0, 0.1) is 6.92 Å². The van der Waals surface area contributed by atoms with Crippen LogP contribution in [0.25, 0.3) is 0 Å². The average molecular weight is 215 g/mol. The normalized spacial score (nSPS) is 10.8. The highest BCUT2D eigenvalue weighted by Crippen LogP contribution is 1.91. The van der Waals surface area contributed by atoms with Crippen LogP contribution >= 0.6 is 0 Å². The van der Waals surface area contributed by atoms with Gasteiger partial charge in [0.05, 0.1) is 18.1 Å². The molecular formula is C10H9N5O. The average Bonchev–Trinajstić information content (AvgIpc) is 2.32. The van der Waals surface area contributed by atoms with Crippen molar-refractivity contribution in [1.29, 1.82) is 0 Å². The van der Waals surface area contributed by atoms with Gasteiger partial charge in [0, 0.05) is 18.0 Å². The van der Waals surface area contributed by atoms with E-state index in [9.17, 15) is 4.79 Å². The zero-order valence-corrected chi connectivity index (χ0v) is 8.61. The zero-order chi connectivity index (χ0) is 11.4. The highest BCUT2D eigenvalue weighted by atomic mass is 16.2. The van der Waals surface area contributed by atoms with Gasteiger partial charge in [0.2, 0.25) is 0 Å². The van der Waals surface area contributed by atoms with Gasteiger partial charge in [-0.3, -0.25) is 4.98 Å². The van der Waals surface area contributed by atoms with E-state index in [2.05, 4.69) is 20.3 Å². The van der Waals surface area contributed by atoms with E-state index in [1.165, 1.54) is 12.4 Å². The van der Waals surface area contributed by atoms with Gasteiger partial charge in [0.15, 0.2) is 0 Å². The van der Waals surface area contributed by atoms with Gasteiger partial charge in [0.25, 0.3) is 0 Å². The Hall–Kier alpha value is -2.37. The summed E-state index contributed by atoms with van der Waals surface area (Å²) in [6, 6.07) is 3.63. The van der Waals surface area contributed by atoms with Crippen molar-refractivity contribution in [2.24, 2.45) is 5.10 Å². The summed E-state index contributed by atoms with van der Waals surface area (Å²) in [6.07, 6.45) is 6.37. The van der Waals surface area contributed by atoms with Gasteiger partial charge in [-0.25, -0.2) is 4.79 Å². The van der Waals surface area contributed by atoms with E-state index in [0.717, 1.165) is 10.2 Å². The molecule has 0 fully saturated rings. The third-order valence-corrected chi connectivity index (χ3v) is 1.81. The number of aryl methyl sites for hydroxylation is 1. The molecular weight excluding hydrogens is 206 g/mol. The van der Waals surface area contributed by atoms with E-state index < -0.39 is 5.69 Å². The molecule has 6 nitrogen and oxygen atoms in total. The molecule has 0 N–H and O–H groups in total. The first-order valence-corrected chi connectivity index (χ1v) is 4.63. The van der Waals surface area contributed by atoms with E-state index in [4.69, 9.17) is 0 Å². The van der Waals surface area contributed by atoms with Gasteiger partial charge in [0.1, 0.15) is 0 Å². The largest absolute Gasteiger partial charge is 0.386 e. The summed E-state index contributed by atoms with van der Waals surface area (Å²) in [7, 11) is 0. The number of hydrogen-bond donors (Lipinski definition) is 0. The van der Waals surface area contributed by atoms with Gasteiger partial charge >= 0.3 is 5.69 Å². The van der Waals surface area contributed by atoms with E-state index in [-0.39, 0.29) is 0 Å². The molecule has 16 heavy (non-hydrogen) atoms. The second kappa shape index (κ2) is 4.43. The van der Waals surface area contributed by atoms with Crippen LogP contribution in [0.3, 0.4) is 0 Å². The zero-order valence-electron chi connectivity index (χ0n) is 8.61. The molecule has 2 aromatic heterocycles. The minimum Gasteiger partial charge on any atom is -0.264 e. The Morgan fingerprint density at radius 3 is 3.06 bits per heavy atom. The number of rotatable bonds is 2. The Labute approximate surface area is 91.3 Å². The fourth-order valence-electron chi connectivity index (χ4n) is 1.09. The van der Waals surface area contributed by atoms with E-state index in [1.54, 1.807) is 25.4 Å². The molecule has 0 aliphatic carbocycles. The summed E-state index contributed by atoms with van der Waals surface area (Å²) in [6.45, 7) is 1.74. The van der Waals surface area contributed by atoms with Gasteiger partial charge < -0.3 is 0 Å². The molecule has 0 aromatic carbocycles. The van der Waals surface area contributed by atoms with Crippen LogP contribution in [-0.4, -0.2) is 26.1 Å². The molecule has 0 unspecified atom stereocenters. The van der Waals surface area contributed by atoms with Crippen LogP contribution in [0.2, 0.25) is 0 Å². The monoisotopic (exact) mass is 215 g/mol. The van der Waals surface area contributed by atoms with Gasteiger partial charge in [-0.2, -0.15) is 9.78 Å². The fourth-order valence-corrected chi connectivity index (χ4v) is 1.09. The summed E-state index contributed by atoms with van der Waals surface area (Å²) in [5.74, 6) is 0. The van der Waals surface area contributed by atoms with Crippen LogP contribution in [0.1, 0.15) is 11.3 Å². The third-order valence-electron chi connectivity index (χ3n) is 1.81. The number of aromatic nitrogens is 4. The van der Waals surface area contributed by atoms with Crippen molar-refractivity contribution in [3.8, 4) is 0 Å². The molecule has 0 saturated heterocycles. The summed E-state index contributed by atoms with van der Waals surface area (Å²) < 4.78 is 1.13. The number of hydrogen-bond acceptors (Lipinski definition) is 5. The molecule has 0 aliphatic heterocycles. The molecule has 0 bridgehead atoms. The molecule has 0 aliphatic rings. The highest BCUT2D eigenvalue weighted by molar-refractivity contribution is 5.78. The van der Waals surface area contributed by atoms with Crippen LogP contribution < -0.4 is 5.69 Å². The van der Waals surface area contributed by atoms with Crippen molar-refractivity contribution in [3.05, 3.63) is 52.5 Å². The first-order valence-electron chi connectivity index (χ1n) is 4.63. The Morgan fingerprint density at radius 2 is 2.31 bits per heavy atom. The predicted molar refractivity (Wildman–Crippen MR) is 58.3 cm³/mol. The Morgan fingerprint density at radius 1 is 1.44 bits per heavy atom. The van der Waals surface area contributed by atoms with Crippen LogP contribution in [0.4, 0.5) is 0 Å². The maximum atomic E-state index is 11.3. The molecule has 2 heterocycles. The SMILES string of the molecule is Cc1cn(N=Cc2cccnc2)c(=O)nn1. The number of pyridine rings is 1. The van der Waals surface area contributed by atoms with Crippen molar-refractivity contribution >= 4 is 6.21 Å². The maximum Gasteiger partial charge on any atom is 0.386 e. The third kappa shape index (κ3) is 2.35. The Balaban J connectivity index is 2.31. The van der Waals surface area contributed by atoms with Gasteiger partial charge in [-0.15, -0.1) is 5.10 Å². The first-order chi connectivity index (χ1) is 7.75. The minimum absolute atomic E-state index is 0.509. The molecule has 80 valence electrons. The van der Waals surface area contributed by atoms with Crippen molar-refractivity contribution in [3.63, 3.8) is 0 Å². The summed E-state index contributed by atoms with van der Waals surface area (Å²) in [5, 5.41) is 11.0. The lowest BCUT2D eigenvalue weighted by Gasteiger charge is -1.96. The van der Waals surface area contributed by atoms with Crippen LogP contribution in [0.15, 0.2) is 40.6 Å². The Bertz CT molecular complexity index is 561. The smallest absolute Gasteiger partial charge is 0.264 e. The Kier molecular flexibility index (Phi) is 2.81. The topological polar surface area (TPSA) is 73.0 Å². The molecule has 0 saturated carbocycles. The lowest BCUT2D eigenvalue weighted by molar-refractivity contribution is 0.725. The van der Waals surface area contributed by atoms with Crippen molar-refractivity contribution in [2.75, 3.05) is 0 Å². The first kappa shape index (κ1) is 10.2. The second-order valence-electron chi connectivity index (χ2n) is 3.13. The van der Waals surface area contributed by atoms with Crippen LogP contribution in [-0.2, 0) is 0 Å². The number of nitrogens with zero attached hydrogens (tertiary/aromatic N) is 5. The van der Waals surface area contributed by atoms with E-state index >= 15 is 0 Å². The molecule has 0 radical (unpaired) electrons. The molecule has 0 atom stereocenters. The van der Waals surface area contributed by atoms with Gasteiger partial charge in [-0.1, -0.05) is 11.2 Å². The maximum absolute atomic E-state index is 11.3. The summed E-state index contributed by atoms with van der Waals surface area (Å²) in [5.41, 5.74) is 0.928. The molecule has 0 spiro atoms. The molecule has 2 aromatic rings. The minimum atomic E-state index is -0.509. The second-order valence-corrected chi connectivity index (χ2v) is 3.13. The van der Waals surface area contributed by atoms with Crippen LogP contribution in [0.5, 0.6) is 0 Å². The lowest BCUT2D eigenvalue weighted by Crippen LogP contribution is -2.21.